The predicted octanol–water partition coefficient (Wildman–Crippen LogP) is 4.27. The first-order valence-electron chi connectivity index (χ1n) is 11.8. The van der Waals surface area contributed by atoms with Crippen LogP contribution in [0.25, 0.3) is 0 Å². The Bertz CT molecular complexity index is 1180. The second-order valence-corrected chi connectivity index (χ2v) is 8.81. The number of hydrogen-bond acceptors (Lipinski definition) is 5. The zero-order valence-electron chi connectivity index (χ0n) is 19.4. The van der Waals surface area contributed by atoms with E-state index in [0.717, 1.165) is 50.7 Å². The minimum Gasteiger partial charge on any atom is -0.369 e. The van der Waals surface area contributed by atoms with Crippen LogP contribution in [-0.4, -0.2) is 51.3 Å². The molecule has 174 valence electrons. The van der Waals surface area contributed by atoms with E-state index in [0.29, 0.717) is 0 Å². The Hall–Kier alpha value is -3.58. The maximum Gasteiger partial charge on any atom is 0.173 e. The molecular formula is C27H29FN6. The summed E-state index contributed by atoms with van der Waals surface area (Å²) in [5, 5.41) is 12.9. The molecule has 1 atom stereocenters. The van der Waals surface area contributed by atoms with Crippen LogP contribution in [0.4, 0.5) is 10.1 Å². The minimum atomic E-state index is -0.204. The van der Waals surface area contributed by atoms with E-state index in [1.165, 1.54) is 28.8 Å². The van der Waals surface area contributed by atoms with Crippen LogP contribution in [0.5, 0.6) is 0 Å². The highest BCUT2D eigenvalue weighted by Gasteiger charge is 2.30. The minimum absolute atomic E-state index is 0.0262. The summed E-state index contributed by atoms with van der Waals surface area (Å²) < 4.78 is 15.3. The average molecular weight is 457 g/mol. The molecule has 34 heavy (non-hydrogen) atoms. The summed E-state index contributed by atoms with van der Waals surface area (Å²) in [6, 6.07) is 25.8. The number of hydrogen-bond donors (Lipinski definition) is 0. The van der Waals surface area contributed by atoms with Gasteiger partial charge in [0.1, 0.15) is 5.82 Å². The molecule has 1 aliphatic heterocycles. The van der Waals surface area contributed by atoms with Crippen LogP contribution >= 0.6 is 0 Å². The molecule has 1 fully saturated rings. The summed E-state index contributed by atoms with van der Waals surface area (Å²) in [5.41, 5.74) is 4.74. The van der Waals surface area contributed by atoms with Gasteiger partial charge in [-0.2, -0.15) is 0 Å². The summed E-state index contributed by atoms with van der Waals surface area (Å²) in [4.78, 5) is 4.76. The Morgan fingerprint density at radius 3 is 2.26 bits per heavy atom. The summed E-state index contributed by atoms with van der Waals surface area (Å²) in [5.74, 6) is 0.666. The number of halogens is 1. The van der Waals surface area contributed by atoms with Gasteiger partial charge in [0.05, 0.1) is 6.04 Å². The standard InChI is InChI=1S/C27H29FN6/c1-21-7-9-23(10-8-21)26(27-29-30-31-34(27)16-15-22-5-3-2-4-6-22)33-19-17-32(18-20-33)25-13-11-24(28)12-14-25/h2-14,26H,15-20H2,1H3/t26-/m1/s1. The van der Waals surface area contributed by atoms with E-state index >= 15 is 0 Å². The van der Waals surface area contributed by atoms with Gasteiger partial charge in [-0.3, -0.25) is 4.90 Å². The van der Waals surface area contributed by atoms with E-state index in [4.69, 9.17) is 0 Å². The molecule has 4 aromatic rings. The lowest BCUT2D eigenvalue weighted by molar-refractivity contribution is 0.200. The van der Waals surface area contributed by atoms with Gasteiger partial charge in [0, 0.05) is 38.4 Å². The van der Waals surface area contributed by atoms with Crippen LogP contribution in [-0.2, 0) is 13.0 Å². The molecule has 0 saturated carbocycles. The Kier molecular flexibility index (Phi) is 6.62. The van der Waals surface area contributed by atoms with Gasteiger partial charge in [0.15, 0.2) is 5.82 Å². The van der Waals surface area contributed by atoms with E-state index < -0.39 is 0 Å². The van der Waals surface area contributed by atoms with Crippen molar-refractivity contribution in [1.29, 1.82) is 0 Å². The number of tetrazole rings is 1. The van der Waals surface area contributed by atoms with E-state index in [2.05, 4.69) is 80.8 Å². The number of aryl methyl sites for hydroxylation is 3. The van der Waals surface area contributed by atoms with Crippen molar-refractivity contribution < 1.29 is 4.39 Å². The SMILES string of the molecule is Cc1ccc([C@H](c2nnnn2CCc2ccccc2)N2CCN(c3ccc(F)cc3)CC2)cc1. The number of nitrogens with zero attached hydrogens (tertiary/aromatic N) is 6. The fraction of sp³-hybridized carbons (Fsp3) is 0.296. The lowest BCUT2D eigenvalue weighted by Crippen LogP contribution is -2.48. The molecule has 0 unspecified atom stereocenters. The van der Waals surface area contributed by atoms with Crippen molar-refractivity contribution in [2.24, 2.45) is 0 Å². The third kappa shape index (κ3) is 4.99. The van der Waals surface area contributed by atoms with Crippen LogP contribution in [0.3, 0.4) is 0 Å². The molecule has 0 N–H and O–H groups in total. The molecule has 1 aromatic heterocycles. The van der Waals surface area contributed by atoms with Crippen molar-refractivity contribution in [2.45, 2.75) is 25.9 Å². The maximum absolute atomic E-state index is 13.4. The lowest BCUT2D eigenvalue weighted by atomic mass is 10.0. The van der Waals surface area contributed by atoms with Crippen LogP contribution < -0.4 is 4.90 Å². The van der Waals surface area contributed by atoms with Crippen molar-refractivity contribution in [1.82, 2.24) is 25.1 Å². The highest BCUT2D eigenvalue weighted by atomic mass is 19.1. The fourth-order valence-electron chi connectivity index (χ4n) is 4.61. The molecule has 2 heterocycles. The van der Waals surface area contributed by atoms with E-state index in [-0.39, 0.29) is 11.9 Å². The summed E-state index contributed by atoms with van der Waals surface area (Å²) in [6.45, 7) is 6.27. The molecule has 1 aliphatic rings. The highest BCUT2D eigenvalue weighted by molar-refractivity contribution is 5.46. The smallest absolute Gasteiger partial charge is 0.173 e. The van der Waals surface area contributed by atoms with Gasteiger partial charge in [-0.1, -0.05) is 60.2 Å². The molecule has 7 heteroatoms. The first kappa shape index (κ1) is 22.2. The van der Waals surface area contributed by atoms with Gasteiger partial charge < -0.3 is 4.90 Å². The van der Waals surface area contributed by atoms with E-state index in [1.807, 2.05) is 22.9 Å². The quantitative estimate of drug-likeness (QED) is 0.416. The van der Waals surface area contributed by atoms with Crippen molar-refractivity contribution in [2.75, 3.05) is 31.1 Å². The number of benzene rings is 3. The average Bonchev–Trinajstić information content (AvgIpc) is 3.34. The first-order chi connectivity index (χ1) is 16.7. The molecule has 1 saturated heterocycles. The zero-order chi connectivity index (χ0) is 23.3. The summed E-state index contributed by atoms with van der Waals surface area (Å²) in [6.07, 6.45) is 0.873. The van der Waals surface area contributed by atoms with Gasteiger partial charge in [0.25, 0.3) is 0 Å². The molecule has 3 aromatic carbocycles. The second-order valence-electron chi connectivity index (χ2n) is 8.81. The van der Waals surface area contributed by atoms with Crippen LogP contribution in [0.2, 0.25) is 0 Å². The maximum atomic E-state index is 13.4. The molecule has 5 rings (SSSR count). The van der Waals surface area contributed by atoms with Crippen molar-refractivity contribution in [3.05, 3.63) is 107 Å². The Labute approximate surface area is 199 Å². The van der Waals surface area contributed by atoms with Gasteiger partial charge in [-0.15, -0.1) is 5.10 Å². The normalized spacial score (nSPS) is 15.4. The topological polar surface area (TPSA) is 50.1 Å². The molecular weight excluding hydrogens is 427 g/mol. The molecule has 0 aliphatic carbocycles. The van der Waals surface area contributed by atoms with Gasteiger partial charge >= 0.3 is 0 Å². The Morgan fingerprint density at radius 1 is 0.853 bits per heavy atom. The molecule has 0 spiro atoms. The molecule has 0 bridgehead atoms. The van der Waals surface area contributed by atoms with E-state index in [9.17, 15) is 4.39 Å². The second kappa shape index (κ2) is 10.1. The molecule has 0 radical (unpaired) electrons. The summed E-state index contributed by atoms with van der Waals surface area (Å²) >= 11 is 0. The lowest BCUT2D eigenvalue weighted by Gasteiger charge is -2.40. The van der Waals surface area contributed by atoms with Gasteiger partial charge in [-0.25, -0.2) is 9.07 Å². The van der Waals surface area contributed by atoms with Crippen LogP contribution in [0, 0.1) is 12.7 Å². The predicted molar refractivity (Wildman–Crippen MR) is 131 cm³/mol. The number of aromatic nitrogens is 4. The largest absolute Gasteiger partial charge is 0.369 e. The third-order valence-corrected chi connectivity index (χ3v) is 6.52. The van der Waals surface area contributed by atoms with E-state index in [1.54, 1.807) is 0 Å². The monoisotopic (exact) mass is 456 g/mol. The number of piperazine rings is 1. The molecule has 6 nitrogen and oxygen atoms in total. The zero-order valence-corrected chi connectivity index (χ0v) is 19.4. The number of anilines is 1. The number of rotatable bonds is 7. The van der Waals surface area contributed by atoms with Gasteiger partial charge in [-0.05, 0) is 59.2 Å². The van der Waals surface area contributed by atoms with Crippen LogP contribution in [0.1, 0.15) is 28.6 Å². The van der Waals surface area contributed by atoms with Crippen molar-refractivity contribution >= 4 is 5.69 Å². The van der Waals surface area contributed by atoms with Gasteiger partial charge in [0.2, 0.25) is 0 Å². The summed E-state index contributed by atoms with van der Waals surface area (Å²) in [7, 11) is 0. The van der Waals surface area contributed by atoms with Crippen LogP contribution in [0.15, 0.2) is 78.9 Å². The Morgan fingerprint density at radius 2 is 1.56 bits per heavy atom. The molecule has 0 amide bonds. The first-order valence-corrected chi connectivity index (χ1v) is 11.8. The van der Waals surface area contributed by atoms with Crippen molar-refractivity contribution in [3.8, 4) is 0 Å². The highest BCUT2D eigenvalue weighted by Crippen LogP contribution is 2.29. The third-order valence-electron chi connectivity index (χ3n) is 6.52. The van der Waals surface area contributed by atoms with Crippen molar-refractivity contribution in [3.63, 3.8) is 0 Å². The Balaban J connectivity index is 1.37. The fourth-order valence-corrected chi connectivity index (χ4v) is 4.61.